The van der Waals surface area contributed by atoms with Crippen molar-refractivity contribution in [1.82, 2.24) is 14.5 Å². The van der Waals surface area contributed by atoms with E-state index in [0.717, 1.165) is 46.2 Å². The molecule has 0 spiro atoms. The summed E-state index contributed by atoms with van der Waals surface area (Å²) < 4.78 is 18.7. The number of hydrogen-bond acceptors (Lipinski definition) is 7. The van der Waals surface area contributed by atoms with Gasteiger partial charge in [0.05, 0.1) is 23.9 Å². The summed E-state index contributed by atoms with van der Waals surface area (Å²) in [6.45, 7) is 11.8. The molecule has 0 aliphatic carbocycles. The van der Waals surface area contributed by atoms with E-state index in [2.05, 4.69) is 19.6 Å². The zero-order valence-electron chi connectivity index (χ0n) is 25.2. The number of ether oxygens (including phenoxy) is 3. The van der Waals surface area contributed by atoms with Crippen molar-refractivity contribution in [2.45, 2.75) is 46.3 Å². The molecule has 0 radical (unpaired) electrons. The van der Waals surface area contributed by atoms with E-state index in [9.17, 15) is 9.59 Å². The quantitative estimate of drug-likeness (QED) is 0.0723. The number of rotatable bonds is 13. The number of methoxy groups -OCH3 is 1. The molecule has 0 saturated carbocycles. The van der Waals surface area contributed by atoms with Crippen molar-refractivity contribution < 1.29 is 23.8 Å². The number of benzene rings is 2. The fourth-order valence-electron chi connectivity index (χ4n) is 4.21. The number of pyridine rings is 1. The summed E-state index contributed by atoms with van der Waals surface area (Å²) in [6, 6.07) is 20.1. The molecule has 0 N–H and O–H groups in total. The fraction of sp³-hybridized carbons (Fsp3) is 0.333. The lowest BCUT2D eigenvalue weighted by molar-refractivity contribution is -0.152. The molecule has 8 nitrogen and oxygen atoms in total. The van der Waals surface area contributed by atoms with Crippen LogP contribution in [0.2, 0.25) is 25.7 Å². The Morgan fingerprint density at radius 3 is 2.36 bits per heavy atom. The lowest BCUT2D eigenvalue weighted by Gasteiger charge is -2.21. The molecule has 4 aromatic rings. The molecule has 0 aliphatic rings. The molecule has 0 bridgehead atoms. The Labute approximate surface area is 248 Å². The molecule has 0 saturated heterocycles. The summed E-state index contributed by atoms with van der Waals surface area (Å²) in [7, 11) is 0.163. The molecule has 220 valence electrons. The van der Waals surface area contributed by atoms with Gasteiger partial charge < -0.3 is 18.8 Å². The van der Waals surface area contributed by atoms with Gasteiger partial charge in [-0.15, -0.1) is 0 Å². The Morgan fingerprint density at radius 2 is 1.71 bits per heavy atom. The van der Waals surface area contributed by atoms with E-state index in [0.29, 0.717) is 24.7 Å². The van der Waals surface area contributed by atoms with Crippen molar-refractivity contribution in [2.24, 2.45) is 5.41 Å². The van der Waals surface area contributed by atoms with Gasteiger partial charge in [-0.3, -0.25) is 14.6 Å². The molecule has 0 atom stereocenters. The maximum Gasteiger partial charge on any atom is 0.314 e. The molecule has 4 rings (SSSR count). The Bertz CT molecular complexity index is 1510. The predicted molar refractivity (Wildman–Crippen MR) is 167 cm³/mol. The summed E-state index contributed by atoms with van der Waals surface area (Å²) in [4.78, 5) is 32.9. The van der Waals surface area contributed by atoms with Crippen LogP contribution in [0, 0.1) is 5.41 Å². The molecule has 2 aromatic heterocycles. The van der Waals surface area contributed by atoms with Gasteiger partial charge in [0.15, 0.2) is 0 Å². The maximum absolute atomic E-state index is 11.9. The zero-order valence-corrected chi connectivity index (χ0v) is 26.2. The van der Waals surface area contributed by atoms with Gasteiger partial charge in [-0.1, -0.05) is 37.8 Å². The first kappa shape index (κ1) is 30.9. The largest absolute Gasteiger partial charge is 0.492 e. The number of esters is 1. The molecule has 0 aliphatic heterocycles. The van der Waals surface area contributed by atoms with Crippen molar-refractivity contribution in [3.63, 3.8) is 0 Å². The van der Waals surface area contributed by atoms with Crippen molar-refractivity contribution in [2.75, 3.05) is 20.3 Å². The summed E-state index contributed by atoms with van der Waals surface area (Å²) in [5, 5.41) is 0. The Balaban J connectivity index is 1.53. The van der Waals surface area contributed by atoms with Gasteiger partial charge in [-0.05, 0) is 62.4 Å². The lowest BCUT2D eigenvalue weighted by atomic mass is 9.95. The van der Waals surface area contributed by atoms with E-state index in [1.54, 1.807) is 19.9 Å². The van der Waals surface area contributed by atoms with Gasteiger partial charge in [0.1, 0.15) is 31.2 Å². The lowest BCUT2D eigenvalue weighted by Crippen LogP contribution is -2.32. The Kier molecular flexibility index (Phi) is 9.75. The third-order valence-corrected chi connectivity index (χ3v) is 8.54. The highest BCUT2D eigenvalue weighted by atomic mass is 28.3. The van der Waals surface area contributed by atoms with Crippen LogP contribution in [0.1, 0.15) is 24.2 Å². The van der Waals surface area contributed by atoms with E-state index >= 15 is 0 Å². The summed E-state index contributed by atoms with van der Waals surface area (Å²) in [5.74, 6) is 1.09. The minimum Gasteiger partial charge on any atom is -0.492 e. The van der Waals surface area contributed by atoms with E-state index in [4.69, 9.17) is 24.2 Å². The normalized spacial score (nSPS) is 11.8. The van der Waals surface area contributed by atoms with Crippen molar-refractivity contribution in [1.29, 1.82) is 0 Å². The van der Waals surface area contributed by atoms with Crippen LogP contribution in [0.15, 0.2) is 73.1 Å². The number of imidazole rings is 1. The molecule has 0 amide bonds. The van der Waals surface area contributed by atoms with E-state index < -0.39 is 13.5 Å². The number of nitrogens with zero attached hydrogens (tertiary/aromatic N) is 3. The van der Waals surface area contributed by atoms with Crippen LogP contribution in [-0.4, -0.2) is 55.2 Å². The molecule has 42 heavy (non-hydrogen) atoms. The van der Waals surface area contributed by atoms with Crippen LogP contribution >= 0.6 is 0 Å². The first-order valence-corrected chi connectivity index (χ1v) is 17.7. The monoisotopic (exact) mass is 585 g/mol. The van der Waals surface area contributed by atoms with E-state index in [-0.39, 0.29) is 12.6 Å². The minimum atomic E-state index is -1.21. The van der Waals surface area contributed by atoms with Crippen LogP contribution in [0.5, 0.6) is 5.75 Å². The third-order valence-electron chi connectivity index (χ3n) is 6.83. The highest BCUT2D eigenvalue weighted by molar-refractivity contribution is 6.76. The SMILES string of the molecule is COC(=O)C(C)(C)COc1ccc(-c2ccc(-c3nc(-c4cccc(C=O)c4)cn3COCC[Si](C)(C)C)cn2)cc1. The predicted octanol–water partition coefficient (Wildman–Crippen LogP) is 6.98. The molecular formula is C33H39N3O5Si. The van der Waals surface area contributed by atoms with Crippen molar-refractivity contribution in [3.8, 4) is 39.7 Å². The van der Waals surface area contributed by atoms with Gasteiger partial charge in [0, 0.05) is 49.3 Å². The maximum atomic E-state index is 11.9. The van der Waals surface area contributed by atoms with Gasteiger partial charge >= 0.3 is 5.97 Å². The van der Waals surface area contributed by atoms with Crippen LogP contribution in [0.4, 0.5) is 0 Å². The number of aldehydes is 1. The Morgan fingerprint density at radius 1 is 0.976 bits per heavy atom. The van der Waals surface area contributed by atoms with Crippen molar-refractivity contribution in [3.05, 3.63) is 78.6 Å². The van der Waals surface area contributed by atoms with Gasteiger partial charge in [0.2, 0.25) is 0 Å². The van der Waals surface area contributed by atoms with Gasteiger partial charge in [0.25, 0.3) is 0 Å². The molecule has 2 aromatic carbocycles. The average molecular weight is 586 g/mol. The van der Waals surface area contributed by atoms with Crippen LogP contribution in [-0.2, 0) is 21.0 Å². The molecule has 2 heterocycles. The van der Waals surface area contributed by atoms with Gasteiger partial charge in [-0.2, -0.15) is 0 Å². The summed E-state index contributed by atoms with van der Waals surface area (Å²) in [5.41, 5.74) is 4.09. The highest BCUT2D eigenvalue weighted by Gasteiger charge is 2.29. The van der Waals surface area contributed by atoms with Crippen LogP contribution in [0.3, 0.4) is 0 Å². The van der Waals surface area contributed by atoms with E-state index in [1.165, 1.54) is 7.11 Å². The second-order valence-electron chi connectivity index (χ2n) is 12.1. The minimum absolute atomic E-state index is 0.210. The summed E-state index contributed by atoms with van der Waals surface area (Å²) >= 11 is 0. The standard InChI is InChI=1S/C33H39N3O5Si/c1-33(2,32(38)39-3)22-41-28-13-10-25(11-14-28)29-15-12-27(19-34-29)31-35-30(26-9-7-8-24(18-26)21-37)20-36(31)23-40-16-17-42(4,5)6/h7-15,18-21H,16-17,22-23H2,1-6H3. The second kappa shape index (κ2) is 13.3. The summed E-state index contributed by atoms with van der Waals surface area (Å²) in [6.07, 6.45) is 4.61. The average Bonchev–Trinajstić information content (AvgIpc) is 3.42. The molecule has 9 heteroatoms. The first-order chi connectivity index (χ1) is 20.0. The van der Waals surface area contributed by atoms with Gasteiger partial charge in [-0.25, -0.2) is 4.98 Å². The fourth-order valence-corrected chi connectivity index (χ4v) is 4.97. The highest BCUT2D eigenvalue weighted by Crippen LogP contribution is 2.28. The third kappa shape index (κ3) is 8.01. The number of hydrogen-bond donors (Lipinski definition) is 0. The number of carbonyl (C=O) groups excluding carboxylic acids is 2. The second-order valence-corrected chi connectivity index (χ2v) is 17.8. The van der Waals surface area contributed by atoms with E-state index in [1.807, 2.05) is 71.6 Å². The Hall–Kier alpha value is -4.08. The smallest absolute Gasteiger partial charge is 0.314 e. The van der Waals surface area contributed by atoms with Crippen LogP contribution < -0.4 is 4.74 Å². The number of carbonyl (C=O) groups is 2. The molecule has 0 unspecified atom stereocenters. The van der Waals surface area contributed by atoms with Crippen LogP contribution in [0.25, 0.3) is 33.9 Å². The van der Waals surface area contributed by atoms with Crippen molar-refractivity contribution >= 4 is 20.3 Å². The molecular weight excluding hydrogens is 546 g/mol. The first-order valence-electron chi connectivity index (χ1n) is 14.0. The topological polar surface area (TPSA) is 92.5 Å². The number of aromatic nitrogens is 3. The molecule has 0 fully saturated rings. The zero-order chi connectivity index (χ0) is 30.3.